The largest absolute Gasteiger partial charge is 0.352 e. The van der Waals surface area contributed by atoms with Crippen LogP contribution in [0.25, 0.3) is 0 Å². The van der Waals surface area contributed by atoms with Crippen molar-refractivity contribution >= 4 is 46.8 Å². The summed E-state index contributed by atoms with van der Waals surface area (Å²) >= 11 is 13.6. The maximum absolute atomic E-state index is 13.0. The third-order valence-corrected chi connectivity index (χ3v) is 6.08. The first-order valence-electron chi connectivity index (χ1n) is 9.99. The summed E-state index contributed by atoms with van der Waals surface area (Å²) in [5.41, 5.74) is 0.937. The number of carbonyl (C=O) groups excluding carboxylic acids is 2. The van der Waals surface area contributed by atoms with Gasteiger partial charge in [-0.1, -0.05) is 35.3 Å². The number of amides is 2. The second kappa shape index (κ2) is 12.2. The second-order valence-corrected chi connectivity index (χ2v) is 9.43. The van der Waals surface area contributed by atoms with Crippen molar-refractivity contribution in [3.8, 4) is 0 Å². The fourth-order valence-corrected chi connectivity index (χ4v) is 3.97. The number of hydrogen-bond acceptors (Lipinski definition) is 3. The second-order valence-electron chi connectivity index (χ2n) is 7.39. The third-order valence-electron chi connectivity index (χ3n) is 4.48. The highest BCUT2D eigenvalue weighted by molar-refractivity contribution is 7.99. The molecule has 0 radical (unpaired) electrons. The van der Waals surface area contributed by atoms with Crippen molar-refractivity contribution in [2.45, 2.75) is 57.1 Å². The normalized spacial score (nSPS) is 11.9. The lowest BCUT2D eigenvalue weighted by Gasteiger charge is -2.29. The van der Waals surface area contributed by atoms with Crippen molar-refractivity contribution in [1.29, 1.82) is 0 Å². The SMILES string of the molecule is CC(C)NC(=O)[C@@H](C)N(Cc1ccc(Cl)cc1)C(=O)CCCSc1ccc(Cl)cc1. The zero-order valence-electron chi connectivity index (χ0n) is 17.5. The molecule has 0 bridgehead atoms. The van der Waals surface area contributed by atoms with Gasteiger partial charge in [-0.25, -0.2) is 0 Å². The molecule has 2 amide bonds. The van der Waals surface area contributed by atoms with E-state index in [1.54, 1.807) is 35.7 Å². The number of halogens is 2. The Balaban J connectivity index is 1.98. The minimum absolute atomic E-state index is 0.0169. The summed E-state index contributed by atoms with van der Waals surface area (Å²) < 4.78 is 0. The average Bonchev–Trinajstić information content (AvgIpc) is 2.71. The van der Waals surface area contributed by atoms with Gasteiger partial charge in [0.2, 0.25) is 11.8 Å². The highest BCUT2D eigenvalue weighted by Gasteiger charge is 2.26. The van der Waals surface area contributed by atoms with Gasteiger partial charge >= 0.3 is 0 Å². The zero-order valence-corrected chi connectivity index (χ0v) is 19.9. The van der Waals surface area contributed by atoms with Crippen molar-refractivity contribution in [2.75, 3.05) is 5.75 Å². The van der Waals surface area contributed by atoms with Crippen LogP contribution in [0.15, 0.2) is 53.4 Å². The predicted molar refractivity (Wildman–Crippen MR) is 126 cm³/mol. The molecule has 0 aliphatic carbocycles. The number of thioether (sulfide) groups is 1. The average molecular weight is 467 g/mol. The van der Waals surface area contributed by atoms with Crippen LogP contribution < -0.4 is 5.32 Å². The molecule has 0 saturated heterocycles. The molecular weight excluding hydrogens is 439 g/mol. The number of rotatable bonds is 10. The van der Waals surface area contributed by atoms with Crippen molar-refractivity contribution in [3.63, 3.8) is 0 Å². The number of benzene rings is 2. The molecule has 0 aliphatic rings. The van der Waals surface area contributed by atoms with Crippen LogP contribution in [0.2, 0.25) is 10.0 Å². The molecule has 30 heavy (non-hydrogen) atoms. The number of hydrogen-bond donors (Lipinski definition) is 1. The topological polar surface area (TPSA) is 49.4 Å². The van der Waals surface area contributed by atoms with Crippen molar-refractivity contribution in [2.24, 2.45) is 0 Å². The molecule has 162 valence electrons. The van der Waals surface area contributed by atoms with E-state index in [1.165, 1.54) is 0 Å². The lowest BCUT2D eigenvalue weighted by molar-refractivity contribution is -0.140. The highest BCUT2D eigenvalue weighted by Crippen LogP contribution is 2.22. The van der Waals surface area contributed by atoms with Gasteiger partial charge in [-0.2, -0.15) is 0 Å². The standard InChI is InChI=1S/C23H28Cl2N2O2S/c1-16(2)26-23(29)17(3)27(15-18-6-8-19(24)9-7-18)22(28)5-4-14-30-21-12-10-20(25)11-13-21/h6-13,16-17H,4-5,14-15H2,1-3H3,(H,26,29)/t17-/m1/s1. The quantitative estimate of drug-likeness (QED) is 0.355. The van der Waals surface area contributed by atoms with Gasteiger partial charge in [-0.05, 0) is 74.9 Å². The molecule has 2 aromatic rings. The molecule has 0 aromatic heterocycles. The molecular formula is C23H28Cl2N2O2S. The molecule has 2 rings (SSSR count). The van der Waals surface area contributed by atoms with Gasteiger partial charge in [0.15, 0.2) is 0 Å². The van der Waals surface area contributed by atoms with Crippen molar-refractivity contribution < 1.29 is 9.59 Å². The fourth-order valence-electron chi connectivity index (χ4n) is 2.86. The third kappa shape index (κ3) is 8.21. The van der Waals surface area contributed by atoms with Crippen molar-refractivity contribution in [3.05, 3.63) is 64.1 Å². The molecule has 0 unspecified atom stereocenters. The fraction of sp³-hybridized carbons (Fsp3) is 0.391. The van der Waals surface area contributed by atoms with Crippen LogP contribution in [0, 0.1) is 0 Å². The van der Waals surface area contributed by atoms with Crippen LogP contribution in [0.5, 0.6) is 0 Å². The summed E-state index contributed by atoms with van der Waals surface area (Å²) in [6, 6.07) is 14.5. The van der Waals surface area contributed by atoms with E-state index in [0.717, 1.165) is 22.6 Å². The van der Waals surface area contributed by atoms with Gasteiger partial charge in [0.1, 0.15) is 6.04 Å². The van der Waals surface area contributed by atoms with E-state index >= 15 is 0 Å². The van der Waals surface area contributed by atoms with E-state index in [0.29, 0.717) is 23.0 Å². The van der Waals surface area contributed by atoms with Gasteiger partial charge in [0, 0.05) is 33.9 Å². The molecule has 1 N–H and O–H groups in total. The highest BCUT2D eigenvalue weighted by atomic mass is 35.5. The molecule has 0 spiro atoms. The Hall–Kier alpha value is -1.69. The first-order chi connectivity index (χ1) is 14.3. The van der Waals surface area contributed by atoms with Crippen molar-refractivity contribution in [1.82, 2.24) is 10.2 Å². The minimum Gasteiger partial charge on any atom is -0.352 e. The smallest absolute Gasteiger partial charge is 0.242 e. The Labute approximate surface area is 193 Å². The number of nitrogens with one attached hydrogen (secondary N) is 1. The van der Waals surface area contributed by atoms with E-state index in [-0.39, 0.29) is 17.9 Å². The van der Waals surface area contributed by atoms with E-state index in [1.807, 2.05) is 50.2 Å². The molecule has 1 atom stereocenters. The summed E-state index contributed by atoms with van der Waals surface area (Å²) in [6.45, 7) is 5.95. The molecule has 0 saturated carbocycles. The van der Waals surface area contributed by atoms with E-state index in [4.69, 9.17) is 23.2 Å². The van der Waals surface area contributed by atoms with E-state index in [9.17, 15) is 9.59 Å². The molecule has 7 heteroatoms. The van der Waals surface area contributed by atoms with Crippen LogP contribution in [0.3, 0.4) is 0 Å². The van der Waals surface area contributed by atoms with Gasteiger partial charge in [0.25, 0.3) is 0 Å². The molecule has 0 heterocycles. The summed E-state index contributed by atoms with van der Waals surface area (Å²) in [5.74, 6) is 0.630. The van der Waals surface area contributed by atoms with Gasteiger partial charge in [0.05, 0.1) is 0 Å². The van der Waals surface area contributed by atoms with Crippen LogP contribution in [0.4, 0.5) is 0 Å². The van der Waals surface area contributed by atoms with Crippen LogP contribution in [-0.4, -0.2) is 34.6 Å². The summed E-state index contributed by atoms with van der Waals surface area (Å²) in [7, 11) is 0. The summed E-state index contributed by atoms with van der Waals surface area (Å²) in [4.78, 5) is 28.3. The zero-order chi connectivity index (χ0) is 22.1. The molecule has 0 fully saturated rings. The summed E-state index contributed by atoms with van der Waals surface area (Å²) in [5, 5.41) is 4.25. The minimum atomic E-state index is -0.556. The summed E-state index contributed by atoms with van der Waals surface area (Å²) in [6.07, 6.45) is 1.11. The lowest BCUT2D eigenvalue weighted by atomic mass is 10.1. The Morgan fingerprint density at radius 1 is 0.967 bits per heavy atom. The molecule has 2 aromatic carbocycles. The van der Waals surface area contributed by atoms with Crippen LogP contribution in [0.1, 0.15) is 39.2 Å². The van der Waals surface area contributed by atoms with Crippen LogP contribution in [-0.2, 0) is 16.1 Å². The first kappa shape index (κ1) is 24.6. The Kier molecular flexibility index (Phi) is 10.0. The Morgan fingerprint density at radius 3 is 2.10 bits per heavy atom. The Bertz CT molecular complexity index is 826. The van der Waals surface area contributed by atoms with Gasteiger partial charge in [-0.15, -0.1) is 11.8 Å². The first-order valence-corrected chi connectivity index (χ1v) is 11.7. The van der Waals surface area contributed by atoms with Crippen LogP contribution >= 0.6 is 35.0 Å². The Morgan fingerprint density at radius 2 is 1.53 bits per heavy atom. The molecule has 4 nitrogen and oxygen atoms in total. The maximum atomic E-state index is 13.0. The number of nitrogens with zero attached hydrogens (tertiary/aromatic N) is 1. The number of carbonyl (C=O) groups is 2. The predicted octanol–water partition coefficient (Wildman–Crippen LogP) is 5.81. The maximum Gasteiger partial charge on any atom is 0.242 e. The molecule has 0 aliphatic heterocycles. The van der Waals surface area contributed by atoms with Gasteiger partial charge in [-0.3, -0.25) is 9.59 Å². The lowest BCUT2D eigenvalue weighted by Crippen LogP contribution is -2.49. The van der Waals surface area contributed by atoms with Gasteiger partial charge < -0.3 is 10.2 Å². The van der Waals surface area contributed by atoms with E-state index < -0.39 is 6.04 Å². The van der Waals surface area contributed by atoms with E-state index in [2.05, 4.69) is 5.32 Å². The monoisotopic (exact) mass is 466 g/mol.